The fraction of sp³-hybridized carbons (Fsp3) is 0.632. The smallest absolute Gasteiger partial charge is 0.421 e. The molecule has 2 N–H and O–H groups in total. The molecule has 2 bridgehead atoms. The molecule has 174 valence electrons. The molecule has 2 atom stereocenters. The lowest BCUT2D eigenvalue weighted by Gasteiger charge is -2.37. The van der Waals surface area contributed by atoms with Crippen LogP contribution in [0.5, 0.6) is 5.88 Å². The van der Waals surface area contributed by atoms with Crippen LogP contribution in [0.3, 0.4) is 0 Å². The van der Waals surface area contributed by atoms with Crippen molar-refractivity contribution in [3.63, 3.8) is 0 Å². The lowest BCUT2D eigenvalue weighted by molar-refractivity contribution is -0.137. The van der Waals surface area contributed by atoms with Gasteiger partial charge in [-0.3, -0.25) is 0 Å². The van der Waals surface area contributed by atoms with E-state index >= 15 is 0 Å². The fourth-order valence-electron chi connectivity index (χ4n) is 4.21. The Balaban J connectivity index is 1.61. The molecule has 9 nitrogen and oxygen atoms in total. The van der Waals surface area contributed by atoms with Crippen LogP contribution in [0.4, 0.5) is 30.6 Å². The molecule has 0 amide bonds. The fourth-order valence-corrected chi connectivity index (χ4v) is 5.57. The molecular weight excluding hydrogens is 449 g/mol. The van der Waals surface area contributed by atoms with E-state index < -0.39 is 21.6 Å². The van der Waals surface area contributed by atoms with E-state index in [0.29, 0.717) is 23.7 Å². The minimum atomic E-state index is -4.59. The predicted molar refractivity (Wildman–Crippen MR) is 110 cm³/mol. The van der Waals surface area contributed by atoms with Crippen molar-refractivity contribution in [2.45, 2.75) is 50.9 Å². The van der Waals surface area contributed by atoms with Crippen LogP contribution in [-0.2, 0) is 16.0 Å². The number of halogens is 3. The topological polar surface area (TPSA) is 111 Å². The zero-order valence-corrected chi connectivity index (χ0v) is 18.3. The number of aromatic nitrogens is 4. The Labute approximate surface area is 182 Å². The summed E-state index contributed by atoms with van der Waals surface area (Å²) in [5.41, 5.74) is 0.132. The molecule has 2 fully saturated rings. The quantitative estimate of drug-likeness (QED) is 0.686. The Morgan fingerprint density at radius 1 is 1.25 bits per heavy atom. The minimum Gasteiger partial charge on any atom is -0.476 e. The molecule has 3 aliphatic rings. The first-order valence-corrected chi connectivity index (χ1v) is 12.3. The molecule has 1 unspecified atom stereocenters. The van der Waals surface area contributed by atoms with Gasteiger partial charge in [0.05, 0.1) is 29.8 Å². The maximum Gasteiger partial charge on any atom is 0.421 e. The Morgan fingerprint density at radius 3 is 2.59 bits per heavy atom. The molecule has 0 spiro atoms. The Hall–Kier alpha value is -2.57. The van der Waals surface area contributed by atoms with Gasteiger partial charge in [0.25, 0.3) is 0 Å². The number of sulfone groups is 1. The standard InChI is InChI=1S/C19H23F3N6O3S/c1-9(2)14-15-17(28(27-14)11-7-32(29,30)8-11)31-6-10-3-4-13(10)24-16-12(19(20,21)22)5-23-18(25-15)26-16/h5,9-11,13H,3-4,6-8H2,1-2H3,(H2,23,24,25,26)/t10-,13?/m0/s1. The van der Waals surface area contributed by atoms with Gasteiger partial charge in [-0.1, -0.05) is 13.8 Å². The van der Waals surface area contributed by atoms with E-state index in [-0.39, 0.29) is 53.8 Å². The average Bonchev–Trinajstić information content (AvgIpc) is 3.00. The van der Waals surface area contributed by atoms with E-state index in [2.05, 4.69) is 25.7 Å². The average molecular weight is 472 g/mol. The van der Waals surface area contributed by atoms with E-state index in [9.17, 15) is 21.6 Å². The first-order chi connectivity index (χ1) is 15.0. The number of ether oxygens (including phenoxy) is 1. The highest BCUT2D eigenvalue weighted by Gasteiger charge is 2.41. The van der Waals surface area contributed by atoms with E-state index in [1.807, 2.05) is 13.8 Å². The summed E-state index contributed by atoms with van der Waals surface area (Å²) in [4.78, 5) is 8.01. The third-order valence-electron chi connectivity index (χ3n) is 6.18. The van der Waals surface area contributed by atoms with Crippen LogP contribution < -0.4 is 15.4 Å². The zero-order valence-electron chi connectivity index (χ0n) is 17.5. The largest absolute Gasteiger partial charge is 0.476 e. The predicted octanol–water partition coefficient (Wildman–Crippen LogP) is 3.11. The van der Waals surface area contributed by atoms with E-state index in [1.165, 1.54) is 0 Å². The summed E-state index contributed by atoms with van der Waals surface area (Å²) < 4.78 is 71.8. The van der Waals surface area contributed by atoms with Gasteiger partial charge in [0.1, 0.15) is 17.1 Å². The summed E-state index contributed by atoms with van der Waals surface area (Å²) in [6.45, 7) is 4.10. The van der Waals surface area contributed by atoms with Gasteiger partial charge in [-0.05, 0) is 18.8 Å². The third kappa shape index (κ3) is 3.65. The molecule has 0 aromatic carbocycles. The number of nitrogens with one attached hydrogen (secondary N) is 2. The van der Waals surface area contributed by atoms with Crippen LogP contribution in [0.1, 0.15) is 49.9 Å². The summed E-state index contributed by atoms with van der Waals surface area (Å²) in [5, 5.41) is 10.5. The molecule has 1 saturated heterocycles. The first kappa shape index (κ1) is 21.3. The van der Waals surface area contributed by atoms with Gasteiger partial charge in [-0.15, -0.1) is 0 Å². The van der Waals surface area contributed by atoms with Crippen molar-refractivity contribution in [2.75, 3.05) is 28.7 Å². The molecule has 5 rings (SSSR count). The summed E-state index contributed by atoms with van der Waals surface area (Å²) in [6, 6.07) is -0.571. The second-order valence-corrected chi connectivity index (χ2v) is 11.0. The molecule has 1 aliphatic carbocycles. The van der Waals surface area contributed by atoms with E-state index in [1.54, 1.807) is 4.68 Å². The van der Waals surface area contributed by atoms with Crippen molar-refractivity contribution < 1.29 is 26.3 Å². The highest BCUT2D eigenvalue weighted by Crippen LogP contribution is 2.42. The number of rotatable bonds is 2. The lowest BCUT2D eigenvalue weighted by Crippen LogP contribution is -2.43. The molecule has 2 aromatic rings. The molecule has 2 aromatic heterocycles. The van der Waals surface area contributed by atoms with Crippen molar-refractivity contribution in [1.29, 1.82) is 0 Å². The highest BCUT2D eigenvalue weighted by molar-refractivity contribution is 7.92. The van der Waals surface area contributed by atoms with Crippen LogP contribution in [0, 0.1) is 5.92 Å². The van der Waals surface area contributed by atoms with Crippen molar-refractivity contribution in [2.24, 2.45) is 5.92 Å². The first-order valence-electron chi connectivity index (χ1n) is 10.5. The SMILES string of the molecule is CC(C)c1nn(C2CS(=O)(=O)C2)c2c1Nc1ncc(C(F)(F)F)c(n1)NC1CC[C@H]1CO2. The summed E-state index contributed by atoms with van der Waals surface area (Å²) in [6.07, 6.45) is -2.33. The van der Waals surface area contributed by atoms with Crippen LogP contribution >= 0.6 is 0 Å². The number of nitrogens with zero attached hydrogens (tertiary/aromatic N) is 4. The highest BCUT2D eigenvalue weighted by atomic mass is 32.2. The Kier molecular flexibility index (Phi) is 4.80. The Bertz CT molecular complexity index is 1150. The normalized spacial score (nSPS) is 24.6. The number of fused-ring (bicyclic) bond motifs is 4. The maximum atomic E-state index is 13.5. The third-order valence-corrected chi connectivity index (χ3v) is 7.97. The summed E-state index contributed by atoms with van der Waals surface area (Å²) in [7, 11) is -3.10. The van der Waals surface area contributed by atoms with Gasteiger partial charge in [0.15, 0.2) is 9.84 Å². The van der Waals surface area contributed by atoms with Gasteiger partial charge in [0.2, 0.25) is 11.8 Å². The number of anilines is 3. The second-order valence-electron chi connectivity index (χ2n) is 8.87. The van der Waals surface area contributed by atoms with E-state index in [4.69, 9.17) is 4.74 Å². The monoisotopic (exact) mass is 472 g/mol. The van der Waals surface area contributed by atoms with Gasteiger partial charge in [-0.25, -0.2) is 18.1 Å². The maximum absolute atomic E-state index is 13.5. The number of alkyl halides is 3. The van der Waals surface area contributed by atoms with Gasteiger partial charge >= 0.3 is 6.18 Å². The van der Waals surface area contributed by atoms with Crippen molar-refractivity contribution >= 4 is 27.3 Å². The van der Waals surface area contributed by atoms with Crippen LogP contribution in [-0.4, -0.2) is 52.3 Å². The molecule has 1 saturated carbocycles. The molecule has 0 radical (unpaired) electrons. The summed E-state index contributed by atoms with van der Waals surface area (Å²) in [5.74, 6) is -0.0656. The Morgan fingerprint density at radius 2 is 2.00 bits per heavy atom. The van der Waals surface area contributed by atoms with Gasteiger partial charge in [0, 0.05) is 18.2 Å². The molecular formula is C19H23F3N6O3S. The lowest BCUT2D eigenvalue weighted by atomic mass is 9.80. The van der Waals surface area contributed by atoms with Crippen molar-refractivity contribution in [3.8, 4) is 5.88 Å². The molecule has 2 aliphatic heterocycles. The molecule has 32 heavy (non-hydrogen) atoms. The number of hydrogen-bond donors (Lipinski definition) is 2. The number of hydrogen-bond acceptors (Lipinski definition) is 8. The van der Waals surface area contributed by atoms with Crippen molar-refractivity contribution in [1.82, 2.24) is 19.7 Å². The van der Waals surface area contributed by atoms with Crippen molar-refractivity contribution in [3.05, 3.63) is 17.5 Å². The molecule has 4 heterocycles. The summed E-state index contributed by atoms with van der Waals surface area (Å²) >= 11 is 0. The van der Waals surface area contributed by atoms with Crippen LogP contribution in [0.25, 0.3) is 0 Å². The van der Waals surface area contributed by atoms with Crippen LogP contribution in [0.2, 0.25) is 0 Å². The van der Waals surface area contributed by atoms with E-state index in [0.717, 1.165) is 12.6 Å². The molecule has 13 heteroatoms. The minimum absolute atomic E-state index is 0.0172. The zero-order chi connectivity index (χ0) is 22.8. The van der Waals surface area contributed by atoms with Gasteiger partial charge in [-0.2, -0.15) is 23.3 Å². The second kappa shape index (κ2) is 7.22. The van der Waals surface area contributed by atoms with Crippen LogP contribution in [0.15, 0.2) is 6.20 Å². The van der Waals surface area contributed by atoms with Gasteiger partial charge < -0.3 is 15.4 Å².